The Balaban J connectivity index is 2.11. The molecule has 1 atom stereocenters. The van der Waals surface area contributed by atoms with Gasteiger partial charge in [0.25, 0.3) is 0 Å². The summed E-state index contributed by atoms with van der Waals surface area (Å²) in [5.74, 6) is 0. The van der Waals surface area contributed by atoms with Crippen LogP contribution in [0.15, 0.2) is 40.9 Å². The molecule has 2 N–H and O–H groups in total. The Bertz CT molecular complexity index is 492. The molecule has 0 radical (unpaired) electrons. The fraction of sp³-hybridized carbons (Fsp3) is 0.286. The lowest BCUT2D eigenvalue weighted by Gasteiger charge is -2.10. The second-order valence-electron chi connectivity index (χ2n) is 4.06. The van der Waals surface area contributed by atoms with E-state index in [1.165, 1.54) is 15.3 Å². The van der Waals surface area contributed by atoms with Crippen LogP contribution < -0.4 is 5.73 Å². The third kappa shape index (κ3) is 3.18. The van der Waals surface area contributed by atoms with Crippen molar-refractivity contribution >= 4 is 27.3 Å². The van der Waals surface area contributed by atoms with E-state index in [0.29, 0.717) is 0 Å². The molecular formula is C14H16BrNS. The minimum absolute atomic E-state index is 0.0963. The van der Waals surface area contributed by atoms with Crippen molar-refractivity contribution in [3.8, 4) is 0 Å². The van der Waals surface area contributed by atoms with Gasteiger partial charge in [0.1, 0.15) is 0 Å². The van der Waals surface area contributed by atoms with Crippen molar-refractivity contribution < 1.29 is 0 Å². The topological polar surface area (TPSA) is 26.0 Å². The van der Waals surface area contributed by atoms with Crippen LogP contribution in [0.5, 0.6) is 0 Å². The van der Waals surface area contributed by atoms with E-state index in [-0.39, 0.29) is 6.04 Å². The lowest BCUT2D eigenvalue weighted by atomic mass is 10.1. The smallest absolute Gasteiger partial charge is 0.0431 e. The van der Waals surface area contributed by atoms with Crippen LogP contribution in [0, 0.1) is 0 Å². The first-order chi connectivity index (χ1) is 8.20. The summed E-state index contributed by atoms with van der Waals surface area (Å²) >= 11 is 5.39. The average Bonchev–Trinajstić information content (AvgIpc) is 2.81. The molecule has 1 aromatic carbocycles. The molecule has 1 aromatic heterocycles. The van der Waals surface area contributed by atoms with E-state index in [4.69, 9.17) is 5.73 Å². The van der Waals surface area contributed by atoms with Gasteiger partial charge in [-0.05, 0) is 36.6 Å². The first-order valence-electron chi connectivity index (χ1n) is 5.78. The maximum atomic E-state index is 6.25. The van der Waals surface area contributed by atoms with Crippen molar-refractivity contribution in [2.24, 2.45) is 5.73 Å². The first-order valence-corrected chi connectivity index (χ1v) is 7.39. The maximum absolute atomic E-state index is 6.25. The van der Waals surface area contributed by atoms with Crippen molar-refractivity contribution in [2.75, 3.05) is 0 Å². The third-order valence-electron chi connectivity index (χ3n) is 2.79. The highest BCUT2D eigenvalue weighted by Gasteiger charge is 2.11. The predicted octanol–water partition coefficient (Wildman–Crippen LogP) is 4.32. The van der Waals surface area contributed by atoms with Crippen LogP contribution in [-0.2, 0) is 12.8 Å². The van der Waals surface area contributed by atoms with Gasteiger partial charge in [-0.3, -0.25) is 0 Å². The SMILES string of the molecule is CCc1ccc(C(N)Cc2ccccc2Br)s1. The van der Waals surface area contributed by atoms with E-state index in [1.54, 1.807) is 0 Å². The molecule has 0 spiro atoms. The van der Waals surface area contributed by atoms with Gasteiger partial charge in [0.2, 0.25) is 0 Å². The molecule has 0 fully saturated rings. The Morgan fingerprint density at radius 2 is 2.00 bits per heavy atom. The zero-order valence-electron chi connectivity index (χ0n) is 9.82. The van der Waals surface area contributed by atoms with Crippen LogP contribution in [-0.4, -0.2) is 0 Å². The molecule has 0 aliphatic heterocycles. The monoisotopic (exact) mass is 309 g/mol. The summed E-state index contributed by atoms with van der Waals surface area (Å²) in [4.78, 5) is 2.68. The summed E-state index contributed by atoms with van der Waals surface area (Å²) in [5, 5.41) is 0. The highest BCUT2D eigenvalue weighted by Crippen LogP contribution is 2.27. The van der Waals surface area contributed by atoms with Crippen LogP contribution >= 0.6 is 27.3 Å². The fourth-order valence-electron chi connectivity index (χ4n) is 1.79. The number of nitrogens with two attached hydrogens (primary N) is 1. The van der Waals surface area contributed by atoms with Gasteiger partial charge in [-0.2, -0.15) is 0 Å². The van der Waals surface area contributed by atoms with Gasteiger partial charge in [0.15, 0.2) is 0 Å². The van der Waals surface area contributed by atoms with Gasteiger partial charge >= 0.3 is 0 Å². The van der Waals surface area contributed by atoms with Crippen molar-refractivity contribution in [2.45, 2.75) is 25.8 Å². The Kier molecular flexibility index (Phi) is 4.37. The van der Waals surface area contributed by atoms with E-state index in [9.17, 15) is 0 Å². The second kappa shape index (κ2) is 5.80. The van der Waals surface area contributed by atoms with Crippen molar-refractivity contribution in [3.05, 3.63) is 56.2 Å². The zero-order valence-corrected chi connectivity index (χ0v) is 12.2. The number of benzene rings is 1. The molecule has 1 heterocycles. The first kappa shape index (κ1) is 12.8. The number of aryl methyl sites for hydroxylation is 1. The molecule has 0 amide bonds. The van der Waals surface area contributed by atoms with Gasteiger partial charge in [-0.1, -0.05) is 41.1 Å². The fourth-order valence-corrected chi connectivity index (χ4v) is 3.19. The third-order valence-corrected chi connectivity index (χ3v) is 4.93. The Labute approximate surface area is 115 Å². The summed E-state index contributed by atoms with van der Waals surface area (Å²) in [6.45, 7) is 2.18. The Hall–Kier alpha value is -0.640. The van der Waals surface area contributed by atoms with E-state index < -0.39 is 0 Å². The Morgan fingerprint density at radius 1 is 1.24 bits per heavy atom. The molecule has 0 bridgehead atoms. The van der Waals surface area contributed by atoms with E-state index in [1.807, 2.05) is 17.4 Å². The molecule has 1 unspecified atom stereocenters. The molecule has 0 saturated heterocycles. The summed E-state index contributed by atoms with van der Waals surface area (Å²) < 4.78 is 1.14. The molecule has 0 saturated carbocycles. The van der Waals surface area contributed by atoms with E-state index >= 15 is 0 Å². The van der Waals surface area contributed by atoms with Gasteiger partial charge in [-0.15, -0.1) is 11.3 Å². The average molecular weight is 310 g/mol. The van der Waals surface area contributed by atoms with Crippen LogP contribution in [0.1, 0.15) is 28.3 Å². The van der Waals surface area contributed by atoms with Crippen molar-refractivity contribution in [3.63, 3.8) is 0 Å². The van der Waals surface area contributed by atoms with Crippen LogP contribution in [0.4, 0.5) is 0 Å². The van der Waals surface area contributed by atoms with Crippen molar-refractivity contribution in [1.29, 1.82) is 0 Å². The minimum atomic E-state index is 0.0963. The highest BCUT2D eigenvalue weighted by atomic mass is 79.9. The number of halogens is 1. The van der Waals surface area contributed by atoms with Gasteiger partial charge < -0.3 is 5.73 Å². The largest absolute Gasteiger partial charge is 0.323 e. The molecule has 2 aromatic rings. The summed E-state index contributed by atoms with van der Waals surface area (Å²) in [6.07, 6.45) is 1.97. The molecule has 0 aliphatic rings. The quantitative estimate of drug-likeness (QED) is 0.894. The molecule has 1 nitrogen and oxygen atoms in total. The predicted molar refractivity (Wildman–Crippen MR) is 78.5 cm³/mol. The highest BCUT2D eigenvalue weighted by molar-refractivity contribution is 9.10. The van der Waals surface area contributed by atoms with E-state index in [2.05, 4.69) is 53.2 Å². The number of hydrogen-bond donors (Lipinski definition) is 1. The number of thiophene rings is 1. The summed E-state index contributed by atoms with van der Waals surface area (Å²) in [6, 6.07) is 12.7. The Morgan fingerprint density at radius 3 is 2.65 bits per heavy atom. The summed E-state index contributed by atoms with van der Waals surface area (Å²) in [7, 11) is 0. The lowest BCUT2D eigenvalue weighted by molar-refractivity contribution is 0.734. The molecular weight excluding hydrogens is 294 g/mol. The lowest BCUT2D eigenvalue weighted by Crippen LogP contribution is -2.12. The van der Waals surface area contributed by atoms with Crippen LogP contribution in [0.2, 0.25) is 0 Å². The number of hydrogen-bond acceptors (Lipinski definition) is 2. The van der Waals surface area contributed by atoms with Crippen LogP contribution in [0.25, 0.3) is 0 Å². The van der Waals surface area contributed by atoms with Crippen molar-refractivity contribution in [1.82, 2.24) is 0 Å². The second-order valence-corrected chi connectivity index (χ2v) is 6.11. The standard InChI is InChI=1S/C14H16BrNS/c1-2-11-7-8-14(17-11)13(16)9-10-5-3-4-6-12(10)15/h3-8,13H,2,9,16H2,1H3. The maximum Gasteiger partial charge on any atom is 0.0431 e. The van der Waals surface area contributed by atoms with Gasteiger partial charge in [-0.25, -0.2) is 0 Å². The zero-order chi connectivity index (χ0) is 12.3. The molecule has 0 aliphatic carbocycles. The normalized spacial score (nSPS) is 12.6. The van der Waals surface area contributed by atoms with Gasteiger partial charge in [0, 0.05) is 20.3 Å². The van der Waals surface area contributed by atoms with Gasteiger partial charge in [0.05, 0.1) is 0 Å². The van der Waals surface area contributed by atoms with Crippen LogP contribution in [0.3, 0.4) is 0 Å². The molecule has 17 heavy (non-hydrogen) atoms. The van der Waals surface area contributed by atoms with E-state index in [0.717, 1.165) is 17.3 Å². The minimum Gasteiger partial charge on any atom is -0.323 e. The molecule has 90 valence electrons. The molecule has 2 rings (SSSR count). The number of rotatable bonds is 4. The molecule has 3 heteroatoms. The summed E-state index contributed by atoms with van der Waals surface area (Å²) in [5.41, 5.74) is 7.52.